The van der Waals surface area contributed by atoms with E-state index in [1.54, 1.807) is 0 Å². The minimum Gasteiger partial charge on any atom is -0.388 e. The fourth-order valence-electron chi connectivity index (χ4n) is 3.29. The van der Waals surface area contributed by atoms with E-state index < -0.39 is 0 Å². The third kappa shape index (κ3) is 2.44. The molecule has 20 heavy (non-hydrogen) atoms. The van der Waals surface area contributed by atoms with Gasteiger partial charge in [-0.15, -0.1) is 0 Å². The predicted octanol–water partition coefficient (Wildman–Crippen LogP) is 5.26. The quantitative estimate of drug-likeness (QED) is 0.829. The number of nitrogens with zero attached hydrogens (tertiary/aromatic N) is 1. The molecule has 1 aliphatic carbocycles. The lowest BCUT2D eigenvalue weighted by atomic mass is 9.99. The first-order chi connectivity index (χ1) is 9.72. The number of nitrogens with one attached hydrogen (secondary N) is 1. The molecule has 1 aromatic carbocycles. The second-order valence-electron chi connectivity index (χ2n) is 5.64. The third-order valence-electron chi connectivity index (χ3n) is 4.40. The maximum atomic E-state index is 5.02. The van der Waals surface area contributed by atoms with E-state index in [0.29, 0.717) is 5.92 Å². The summed E-state index contributed by atoms with van der Waals surface area (Å²) in [6, 6.07) is 6.63. The highest BCUT2D eigenvalue weighted by Crippen LogP contribution is 2.37. The number of aromatic nitrogens is 1. The molecule has 3 rings (SSSR count). The van der Waals surface area contributed by atoms with Crippen molar-refractivity contribution < 1.29 is 0 Å². The van der Waals surface area contributed by atoms with Crippen LogP contribution < -0.4 is 5.32 Å². The van der Waals surface area contributed by atoms with Crippen molar-refractivity contribution in [2.75, 3.05) is 12.4 Å². The Kier molecular flexibility index (Phi) is 3.97. The second kappa shape index (κ2) is 5.72. The Morgan fingerprint density at radius 3 is 2.65 bits per heavy atom. The van der Waals surface area contributed by atoms with Gasteiger partial charge in [-0.05, 0) is 43.0 Å². The van der Waals surface area contributed by atoms with Crippen LogP contribution in [0.1, 0.15) is 49.8 Å². The number of fused-ring (bicyclic) bond motifs is 1. The second-order valence-corrected chi connectivity index (χ2v) is 6.56. The van der Waals surface area contributed by atoms with Crippen LogP contribution in [0.3, 0.4) is 0 Å². The van der Waals surface area contributed by atoms with Gasteiger partial charge in [0.25, 0.3) is 0 Å². The lowest BCUT2D eigenvalue weighted by Gasteiger charge is -2.15. The summed E-state index contributed by atoms with van der Waals surface area (Å²) >= 11 is 3.62. The molecule has 1 aliphatic rings. The highest BCUT2D eigenvalue weighted by molar-refractivity contribution is 9.10. The van der Waals surface area contributed by atoms with Crippen molar-refractivity contribution >= 4 is 32.5 Å². The Balaban J connectivity index is 2.22. The molecule has 0 unspecified atom stereocenters. The molecule has 2 aromatic rings. The van der Waals surface area contributed by atoms with Gasteiger partial charge in [0, 0.05) is 34.2 Å². The molecule has 0 saturated heterocycles. The average Bonchev–Trinajstić information content (AvgIpc) is 2.99. The maximum Gasteiger partial charge on any atom is 0.0758 e. The Morgan fingerprint density at radius 1 is 1.25 bits per heavy atom. The van der Waals surface area contributed by atoms with Crippen molar-refractivity contribution in [3.8, 4) is 0 Å². The van der Waals surface area contributed by atoms with E-state index in [0.717, 1.165) is 10.9 Å². The Bertz CT molecular complexity index is 630. The van der Waals surface area contributed by atoms with Crippen LogP contribution in [0.25, 0.3) is 10.9 Å². The van der Waals surface area contributed by atoms with Crippen molar-refractivity contribution in [1.29, 1.82) is 0 Å². The maximum absolute atomic E-state index is 5.02. The molecule has 0 spiro atoms. The molecule has 1 saturated carbocycles. The summed E-state index contributed by atoms with van der Waals surface area (Å²) in [4.78, 5) is 5.02. The molecular formula is C17H21BrN2. The van der Waals surface area contributed by atoms with Crippen molar-refractivity contribution in [3.05, 3.63) is 33.9 Å². The lowest BCUT2D eigenvalue weighted by Crippen LogP contribution is -2.02. The molecule has 2 nitrogen and oxygen atoms in total. The molecular weight excluding hydrogens is 312 g/mol. The van der Waals surface area contributed by atoms with Crippen LogP contribution in [-0.2, 0) is 6.42 Å². The number of aryl methyl sites for hydroxylation is 1. The van der Waals surface area contributed by atoms with Crippen LogP contribution in [0.2, 0.25) is 0 Å². The van der Waals surface area contributed by atoms with E-state index in [2.05, 4.69) is 46.4 Å². The Labute approximate surface area is 129 Å². The van der Waals surface area contributed by atoms with Gasteiger partial charge in [-0.2, -0.15) is 0 Å². The highest BCUT2D eigenvalue weighted by atomic mass is 79.9. The van der Waals surface area contributed by atoms with Crippen molar-refractivity contribution in [3.63, 3.8) is 0 Å². The van der Waals surface area contributed by atoms with Gasteiger partial charge >= 0.3 is 0 Å². The summed E-state index contributed by atoms with van der Waals surface area (Å²) < 4.78 is 1.13. The first-order valence-electron chi connectivity index (χ1n) is 7.53. The number of pyridine rings is 1. The molecule has 0 amide bonds. The van der Waals surface area contributed by atoms with Gasteiger partial charge in [0.1, 0.15) is 0 Å². The van der Waals surface area contributed by atoms with Crippen LogP contribution in [0.5, 0.6) is 0 Å². The largest absolute Gasteiger partial charge is 0.388 e. The number of rotatable bonds is 3. The summed E-state index contributed by atoms with van der Waals surface area (Å²) in [5, 5.41) is 4.57. The summed E-state index contributed by atoms with van der Waals surface area (Å²) in [6.07, 6.45) is 6.29. The summed E-state index contributed by atoms with van der Waals surface area (Å²) in [6.45, 7) is 2.20. The normalized spacial score (nSPS) is 15.9. The third-order valence-corrected chi connectivity index (χ3v) is 4.86. The van der Waals surface area contributed by atoms with Crippen LogP contribution in [0.4, 0.5) is 5.69 Å². The van der Waals surface area contributed by atoms with E-state index in [-0.39, 0.29) is 0 Å². The first-order valence-corrected chi connectivity index (χ1v) is 8.33. The Morgan fingerprint density at radius 2 is 2.00 bits per heavy atom. The summed E-state index contributed by atoms with van der Waals surface area (Å²) in [5.41, 5.74) is 4.97. The zero-order valence-electron chi connectivity index (χ0n) is 12.2. The first kappa shape index (κ1) is 13.9. The number of benzene rings is 1. The SMILES string of the molecule is CCc1cc(Br)cc2c(NC)cc(C3CCCC3)nc12. The van der Waals surface area contributed by atoms with Gasteiger partial charge in [0.05, 0.1) is 5.52 Å². The standard InChI is InChI=1S/C17H21BrN2/c1-3-11-8-13(18)9-14-16(19-2)10-15(20-17(11)14)12-6-4-5-7-12/h8-10,12H,3-7H2,1-2H3,(H,19,20). The van der Waals surface area contributed by atoms with Crippen LogP contribution >= 0.6 is 15.9 Å². The fraction of sp³-hybridized carbons (Fsp3) is 0.471. The number of anilines is 1. The highest BCUT2D eigenvalue weighted by Gasteiger charge is 2.20. The monoisotopic (exact) mass is 332 g/mol. The molecule has 1 fully saturated rings. The minimum absolute atomic E-state index is 0.653. The van der Waals surface area contributed by atoms with E-state index in [1.165, 1.54) is 53.5 Å². The van der Waals surface area contributed by atoms with Gasteiger partial charge in [-0.25, -0.2) is 0 Å². The molecule has 1 heterocycles. The molecule has 0 radical (unpaired) electrons. The van der Waals surface area contributed by atoms with Crippen LogP contribution in [-0.4, -0.2) is 12.0 Å². The van der Waals surface area contributed by atoms with E-state index in [4.69, 9.17) is 4.98 Å². The lowest BCUT2D eigenvalue weighted by molar-refractivity contribution is 0.701. The molecule has 0 bridgehead atoms. The van der Waals surface area contributed by atoms with E-state index in [1.807, 2.05) is 7.05 Å². The topological polar surface area (TPSA) is 24.9 Å². The number of halogens is 1. The van der Waals surface area contributed by atoms with Gasteiger partial charge in [0.15, 0.2) is 0 Å². The zero-order valence-corrected chi connectivity index (χ0v) is 13.8. The van der Waals surface area contributed by atoms with Crippen molar-refractivity contribution in [2.24, 2.45) is 0 Å². The fourth-order valence-corrected chi connectivity index (χ4v) is 3.79. The van der Waals surface area contributed by atoms with Crippen LogP contribution in [0, 0.1) is 0 Å². The molecule has 1 N–H and O–H groups in total. The van der Waals surface area contributed by atoms with Gasteiger partial charge in [-0.1, -0.05) is 35.7 Å². The van der Waals surface area contributed by atoms with Gasteiger partial charge in [0.2, 0.25) is 0 Å². The van der Waals surface area contributed by atoms with Gasteiger partial charge in [-0.3, -0.25) is 4.98 Å². The van der Waals surface area contributed by atoms with Gasteiger partial charge < -0.3 is 5.32 Å². The molecule has 0 aliphatic heterocycles. The Hall–Kier alpha value is -1.09. The summed E-state index contributed by atoms with van der Waals surface area (Å²) in [7, 11) is 2.00. The summed E-state index contributed by atoms with van der Waals surface area (Å²) in [5.74, 6) is 0.653. The molecule has 0 atom stereocenters. The average molecular weight is 333 g/mol. The van der Waals surface area contributed by atoms with Crippen molar-refractivity contribution in [1.82, 2.24) is 4.98 Å². The minimum atomic E-state index is 0.653. The smallest absolute Gasteiger partial charge is 0.0758 e. The predicted molar refractivity (Wildman–Crippen MR) is 89.6 cm³/mol. The zero-order chi connectivity index (χ0) is 14.1. The number of hydrogen-bond acceptors (Lipinski definition) is 2. The van der Waals surface area contributed by atoms with Crippen molar-refractivity contribution in [2.45, 2.75) is 44.9 Å². The molecule has 106 valence electrons. The molecule has 1 aromatic heterocycles. The van der Waals surface area contributed by atoms with E-state index >= 15 is 0 Å². The van der Waals surface area contributed by atoms with Crippen LogP contribution in [0.15, 0.2) is 22.7 Å². The number of hydrogen-bond donors (Lipinski definition) is 1. The van der Waals surface area contributed by atoms with E-state index in [9.17, 15) is 0 Å². The molecule has 3 heteroatoms.